The van der Waals surface area contributed by atoms with Gasteiger partial charge in [0.2, 0.25) is 0 Å². The zero-order valence-corrected chi connectivity index (χ0v) is 14.3. The van der Waals surface area contributed by atoms with Crippen molar-refractivity contribution in [1.29, 1.82) is 0 Å². The maximum Gasteiger partial charge on any atom is 0.387 e. The first-order valence-corrected chi connectivity index (χ1v) is 7.69. The summed E-state index contributed by atoms with van der Waals surface area (Å²) in [6.07, 6.45) is 3.16. The molecule has 0 bridgehead atoms. The molecule has 0 aliphatic carbocycles. The van der Waals surface area contributed by atoms with E-state index in [9.17, 15) is 9.59 Å². The van der Waals surface area contributed by atoms with Crippen LogP contribution in [0.3, 0.4) is 0 Å². The van der Waals surface area contributed by atoms with Gasteiger partial charge in [0.1, 0.15) is 0 Å². The molecule has 1 aromatic rings. The summed E-state index contributed by atoms with van der Waals surface area (Å²) >= 11 is 0. The van der Waals surface area contributed by atoms with Crippen molar-refractivity contribution in [2.45, 2.75) is 78.1 Å². The van der Waals surface area contributed by atoms with Crippen LogP contribution in [0.25, 0.3) is 0 Å². The minimum atomic E-state index is -0.714. The van der Waals surface area contributed by atoms with Gasteiger partial charge in [-0.1, -0.05) is 54.4 Å². The maximum atomic E-state index is 12.4. The van der Waals surface area contributed by atoms with Crippen LogP contribution in [-0.2, 0) is 10.8 Å². The lowest BCUT2D eigenvalue weighted by Gasteiger charge is -2.30. The lowest BCUT2D eigenvalue weighted by atomic mass is 9.72. The number of hydrogen-bond acceptors (Lipinski definition) is 6. The molecule has 1 aromatic heterocycles. The molecule has 0 aliphatic rings. The Morgan fingerprint density at radius 1 is 0.727 bits per heavy atom. The average Bonchev–Trinajstić information content (AvgIpc) is 2.37. The van der Waals surface area contributed by atoms with Gasteiger partial charge in [0.25, 0.3) is 0 Å². The Morgan fingerprint density at radius 2 is 1.05 bits per heavy atom. The van der Waals surface area contributed by atoms with Crippen molar-refractivity contribution in [3.05, 3.63) is 32.0 Å². The summed E-state index contributed by atoms with van der Waals surface area (Å²) in [4.78, 5) is 24.8. The molecule has 0 fully saturated rings. The van der Waals surface area contributed by atoms with Crippen molar-refractivity contribution in [3.63, 3.8) is 0 Å². The topological polar surface area (TPSA) is 86.7 Å². The Labute approximate surface area is 129 Å². The van der Waals surface area contributed by atoms with Crippen LogP contribution in [0.5, 0.6) is 0 Å². The molecule has 22 heavy (non-hydrogen) atoms. The van der Waals surface area contributed by atoms with Gasteiger partial charge in [0.15, 0.2) is 0 Å². The van der Waals surface area contributed by atoms with Crippen molar-refractivity contribution in [1.82, 2.24) is 0 Å². The quantitative estimate of drug-likeness (QED) is 0.736. The molecule has 1 heterocycles. The molecule has 0 atom stereocenters. The van der Waals surface area contributed by atoms with Crippen LogP contribution in [0.2, 0.25) is 0 Å². The van der Waals surface area contributed by atoms with Crippen molar-refractivity contribution >= 4 is 0 Å². The Morgan fingerprint density at radius 3 is 1.32 bits per heavy atom. The van der Waals surface area contributed by atoms with Crippen molar-refractivity contribution < 1.29 is 18.6 Å². The fourth-order valence-electron chi connectivity index (χ4n) is 3.11. The zero-order valence-electron chi connectivity index (χ0n) is 14.3. The van der Waals surface area contributed by atoms with E-state index in [2.05, 4.69) is 18.6 Å². The maximum absolute atomic E-state index is 12.4. The standard InChI is InChI=1S/C16H26O6/c1-7-9-15(3,4)11-12(16(5,6)10-8-2)14(18)20-22-21-19-13(11)17/h7-10H2,1-6H3. The van der Waals surface area contributed by atoms with E-state index < -0.39 is 22.1 Å². The van der Waals surface area contributed by atoms with Crippen LogP contribution in [0.1, 0.15) is 78.4 Å². The van der Waals surface area contributed by atoms with E-state index >= 15 is 0 Å². The predicted octanol–water partition coefficient (Wildman–Crippen LogP) is 4.06. The first-order valence-electron chi connectivity index (χ1n) is 7.69. The summed E-state index contributed by atoms with van der Waals surface area (Å²) in [6.45, 7) is 11.7. The highest BCUT2D eigenvalue weighted by molar-refractivity contribution is 5.33. The molecule has 0 N–H and O–H groups in total. The monoisotopic (exact) mass is 314 g/mol. The fraction of sp³-hybridized carbons (Fsp3) is 0.750. The highest BCUT2D eigenvalue weighted by Gasteiger charge is 2.36. The molecule has 0 amide bonds. The summed E-state index contributed by atoms with van der Waals surface area (Å²) in [5.41, 5.74) is -1.94. The molecule has 0 saturated heterocycles. The molecular weight excluding hydrogens is 288 g/mol. The second-order valence-electron chi connectivity index (χ2n) is 6.90. The van der Waals surface area contributed by atoms with Crippen LogP contribution in [-0.4, -0.2) is 0 Å². The van der Waals surface area contributed by atoms with Crippen LogP contribution in [0.15, 0.2) is 28.2 Å². The van der Waals surface area contributed by atoms with E-state index in [0.29, 0.717) is 11.1 Å². The first kappa shape index (κ1) is 18.3. The minimum Gasteiger partial charge on any atom is -0.242 e. The highest BCUT2D eigenvalue weighted by atomic mass is 17.4. The third-order valence-electron chi connectivity index (χ3n) is 4.01. The molecule has 0 spiro atoms. The zero-order chi connectivity index (χ0) is 17.0. The van der Waals surface area contributed by atoms with E-state index in [1.54, 1.807) is 0 Å². The molecule has 6 heteroatoms. The minimum absolute atomic E-state index is 0.293. The van der Waals surface area contributed by atoms with E-state index in [1.165, 1.54) is 0 Å². The van der Waals surface area contributed by atoms with Crippen LogP contribution < -0.4 is 11.3 Å². The third-order valence-corrected chi connectivity index (χ3v) is 4.01. The van der Waals surface area contributed by atoms with E-state index in [1.807, 2.05) is 41.5 Å². The van der Waals surface area contributed by atoms with Gasteiger partial charge < -0.3 is 0 Å². The van der Waals surface area contributed by atoms with Gasteiger partial charge in [-0.25, -0.2) is 18.7 Å². The summed E-state index contributed by atoms with van der Waals surface area (Å²) in [5.74, 6) is 0. The SMILES string of the molecule is CCCC(C)(C)c1c(C(C)(C)CCC)c(=O)ooooc1=O. The van der Waals surface area contributed by atoms with Gasteiger partial charge in [0, 0.05) is 0 Å². The van der Waals surface area contributed by atoms with Crippen molar-refractivity contribution in [2.75, 3.05) is 0 Å². The summed E-state index contributed by atoms with van der Waals surface area (Å²) < 4.78 is 17.5. The van der Waals surface area contributed by atoms with Crippen molar-refractivity contribution in [2.24, 2.45) is 0 Å². The van der Waals surface area contributed by atoms with Gasteiger partial charge in [-0.15, -0.1) is 0 Å². The van der Waals surface area contributed by atoms with Crippen LogP contribution in [0, 0.1) is 0 Å². The van der Waals surface area contributed by atoms with E-state index in [0.717, 1.165) is 25.7 Å². The average molecular weight is 314 g/mol. The van der Waals surface area contributed by atoms with E-state index in [-0.39, 0.29) is 0 Å². The molecule has 0 radical (unpaired) electrons. The van der Waals surface area contributed by atoms with Crippen LogP contribution >= 0.6 is 0 Å². The predicted molar refractivity (Wildman–Crippen MR) is 81.5 cm³/mol. The third kappa shape index (κ3) is 3.93. The van der Waals surface area contributed by atoms with Gasteiger partial charge in [-0.05, 0) is 33.1 Å². The second kappa shape index (κ2) is 7.03. The highest BCUT2D eigenvalue weighted by Crippen LogP contribution is 2.34. The Kier molecular flexibility index (Phi) is 5.85. The summed E-state index contributed by atoms with van der Waals surface area (Å²) in [7, 11) is 0. The van der Waals surface area contributed by atoms with Gasteiger partial charge >= 0.3 is 11.3 Å². The van der Waals surface area contributed by atoms with Gasteiger partial charge in [-0.3, -0.25) is 0 Å². The molecule has 0 aromatic carbocycles. The summed E-state index contributed by atoms with van der Waals surface area (Å²) in [6, 6.07) is 0. The number of rotatable bonds is 6. The van der Waals surface area contributed by atoms with Gasteiger partial charge in [-0.2, -0.15) is 0 Å². The normalized spacial score (nSPS) is 12.3. The largest absolute Gasteiger partial charge is 0.387 e. The summed E-state index contributed by atoms with van der Waals surface area (Å²) in [5, 5.41) is 0. The van der Waals surface area contributed by atoms with Gasteiger partial charge in [0.05, 0.1) is 11.1 Å². The molecule has 6 nitrogen and oxygen atoms in total. The fourth-order valence-corrected chi connectivity index (χ4v) is 3.11. The Balaban J connectivity index is 3.88. The molecule has 0 unspecified atom stereocenters. The molecular formula is C16H26O6. The number of hydrogen-bond donors (Lipinski definition) is 0. The molecule has 0 saturated carbocycles. The second-order valence-corrected chi connectivity index (χ2v) is 6.90. The molecule has 1 rings (SSSR count). The van der Waals surface area contributed by atoms with E-state index in [4.69, 9.17) is 0 Å². The molecule has 0 aliphatic heterocycles. The smallest absolute Gasteiger partial charge is 0.242 e. The lowest BCUT2D eigenvalue weighted by molar-refractivity contribution is -0.307. The first-order chi connectivity index (χ1) is 10.2. The van der Waals surface area contributed by atoms with Crippen molar-refractivity contribution in [3.8, 4) is 0 Å². The molecule has 126 valence electrons. The lowest BCUT2D eigenvalue weighted by Crippen LogP contribution is -2.36. The van der Waals surface area contributed by atoms with Crippen LogP contribution in [0.4, 0.5) is 0 Å². The Hall–Kier alpha value is -1.72. The Bertz CT molecular complexity index is 580.